The number of ether oxygens (including phenoxy) is 1. The Hall–Kier alpha value is -2.34. The van der Waals surface area contributed by atoms with Crippen molar-refractivity contribution >= 4 is 33.4 Å². The highest BCUT2D eigenvalue weighted by atomic mass is 79.9. The second-order valence-corrected chi connectivity index (χ2v) is 6.45. The van der Waals surface area contributed by atoms with Crippen molar-refractivity contribution in [3.63, 3.8) is 0 Å². The van der Waals surface area contributed by atoms with Crippen molar-refractivity contribution in [3.8, 4) is 5.75 Å². The molecule has 0 spiro atoms. The average molecular weight is 389 g/mol. The Morgan fingerprint density at radius 1 is 1.12 bits per heavy atom. The van der Waals surface area contributed by atoms with Crippen molar-refractivity contribution in [2.45, 2.75) is 18.9 Å². The monoisotopic (exact) mass is 388 g/mol. The maximum absolute atomic E-state index is 12.0. The lowest BCUT2D eigenvalue weighted by Crippen LogP contribution is -2.25. The third-order valence-electron chi connectivity index (χ3n) is 3.52. The predicted octanol–water partition coefficient (Wildman–Crippen LogP) is 3.36. The van der Waals surface area contributed by atoms with Gasteiger partial charge in [-0.2, -0.15) is 0 Å². The zero-order chi connectivity index (χ0) is 16.9. The first-order chi connectivity index (χ1) is 11.6. The number of hydrogen-bond acceptors (Lipinski definition) is 3. The third kappa shape index (κ3) is 4.58. The second-order valence-electron chi connectivity index (χ2n) is 5.60. The first-order valence-corrected chi connectivity index (χ1v) is 8.49. The molecule has 0 bridgehead atoms. The molecule has 2 N–H and O–H groups in total. The van der Waals surface area contributed by atoms with Crippen LogP contribution in [-0.2, 0) is 4.79 Å². The Morgan fingerprint density at radius 3 is 2.67 bits per heavy atom. The topological polar surface area (TPSA) is 67.4 Å². The van der Waals surface area contributed by atoms with E-state index in [-0.39, 0.29) is 18.4 Å². The Balaban J connectivity index is 1.56. The Labute approximate surface area is 148 Å². The summed E-state index contributed by atoms with van der Waals surface area (Å²) < 4.78 is 6.26. The minimum absolute atomic E-state index is 0.110. The molecule has 1 aliphatic rings. The van der Waals surface area contributed by atoms with Crippen LogP contribution in [-0.4, -0.2) is 24.5 Å². The van der Waals surface area contributed by atoms with Gasteiger partial charge in [0.2, 0.25) is 0 Å². The summed E-state index contributed by atoms with van der Waals surface area (Å²) >= 11 is 3.36. The SMILES string of the molecule is O=C(COc1ccccc1Br)Nc1cccc(C(=O)NC2CC2)c1. The average Bonchev–Trinajstić information content (AvgIpc) is 3.38. The standard InChI is InChI=1S/C18H17BrN2O3/c19-15-6-1-2-7-16(15)24-11-17(22)20-14-5-3-4-12(10-14)18(23)21-13-8-9-13/h1-7,10,13H,8-9,11H2,(H,20,22)(H,21,23). The molecule has 0 heterocycles. The first kappa shape index (κ1) is 16.5. The molecule has 3 rings (SSSR count). The highest BCUT2D eigenvalue weighted by molar-refractivity contribution is 9.10. The summed E-state index contributed by atoms with van der Waals surface area (Å²) in [6.45, 7) is -0.110. The van der Waals surface area contributed by atoms with Crippen LogP contribution in [0.25, 0.3) is 0 Å². The van der Waals surface area contributed by atoms with Crippen LogP contribution in [0.1, 0.15) is 23.2 Å². The number of rotatable bonds is 6. The number of anilines is 1. The number of benzene rings is 2. The van der Waals surface area contributed by atoms with Gasteiger partial charge in [-0.05, 0) is 59.1 Å². The van der Waals surface area contributed by atoms with Crippen LogP contribution in [0.3, 0.4) is 0 Å². The molecule has 0 saturated heterocycles. The molecule has 0 radical (unpaired) electrons. The summed E-state index contributed by atoms with van der Waals surface area (Å²) in [5.74, 6) is 0.203. The van der Waals surface area contributed by atoms with E-state index in [0.29, 0.717) is 23.0 Å². The zero-order valence-corrected chi connectivity index (χ0v) is 14.5. The van der Waals surface area contributed by atoms with E-state index in [1.54, 1.807) is 30.3 Å². The van der Waals surface area contributed by atoms with Crippen molar-refractivity contribution in [3.05, 3.63) is 58.6 Å². The van der Waals surface area contributed by atoms with Gasteiger partial charge >= 0.3 is 0 Å². The molecule has 124 valence electrons. The van der Waals surface area contributed by atoms with Crippen molar-refractivity contribution < 1.29 is 14.3 Å². The van der Waals surface area contributed by atoms with Crippen molar-refractivity contribution in [1.29, 1.82) is 0 Å². The highest BCUT2D eigenvalue weighted by Crippen LogP contribution is 2.23. The van der Waals surface area contributed by atoms with Crippen LogP contribution in [0, 0.1) is 0 Å². The molecule has 5 nitrogen and oxygen atoms in total. The van der Waals surface area contributed by atoms with Crippen LogP contribution >= 0.6 is 15.9 Å². The lowest BCUT2D eigenvalue weighted by molar-refractivity contribution is -0.118. The predicted molar refractivity (Wildman–Crippen MR) is 95.2 cm³/mol. The zero-order valence-electron chi connectivity index (χ0n) is 12.9. The normalized spacial score (nSPS) is 13.2. The molecule has 0 aromatic heterocycles. The molecule has 1 fully saturated rings. The molecular formula is C18H17BrN2O3. The van der Waals surface area contributed by atoms with E-state index in [1.165, 1.54) is 0 Å². The van der Waals surface area contributed by atoms with E-state index in [9.17, 15) is 9.59 Å². The molecule has 0 aliphatic heterocycles. The van der Waals surface area contributed by atoms with E-state index < -0.39 is 0 Å². The van der Waals surface area contributed by atoms with Crippen LogP contribution in [0.2, 0.25) is 0 Å². The lowest BCUT2D eigenvalue weighted by atomic mass is 10.2. The number of halogens is 1. The Morgan fingerprint density at radius 2 is 1.92 bits per heavy atom. The van der Waals surface area contributed by atoms with Gasteiger partial charge in [0.15, 0.2) is 6.61 Å². The van der Waals surface area contributed by atoms with Gasteiger partial charge in [0.05, 0.1) is 4.47 Å². The minimum Gasteiger partial charge on any atom is -0.483 e. The molecule has 2 aromatic carbocycles. The molecule has 2 aromatic rings. The van der Waals surface area contributed by atoms with Gasteiger partial charge < -0.3 is 15.4 Å². The summed E-state index contributed by atoms with van der Waals surface area (Å²) in [6.07, 6.45) is 2.07. The molecule has 1 saturated carbocycles. The highest BCUT2D eigenvalue weighted by Gasteiger charge is 2.23. The van der Waals surface area contributed by atoms with Gasteiger partial charge in [-0.25, -0.2) is 0 Å². The smallest absolute Gasteiger partial charge is 0.262 e. The van der Waals surface area contributed by atoms with Crippen molar-refractivity contribution in [2.24, 2.45) is 0 Å². The molecule has 24 heavy (non-hydrogen) atoms. The summed E-state index contributed by atoms with van der Waals surface area (Å²) in [5.41, 5.74) is 1.10. The summed E-state index contributed by atoms with van der Waals surface area (Å²) in [6, 6.07) is 14.5. The summed E-state index contributed by atoms with van der Waals surface area (Å²) in [7, 11) is 0. The van der Waals surface area contributed by atoms with Crippen LogP contribution < -0.4 is 15.4 Å². The lowest BCUT2D eigenvalue weighted by Gasteiger charge is -2.10. The molecule has 6 heteroatoms. The molecular weight excluding hydrogens is 372 g/mol. The van der Waals surface area contributed by atoms with Crippen LogP contribution in [0.15, 0.2) is 53.0 Å². The Bertz CT molecular complexity index is 759. The third-order valence-corrected chi connectivity index (χ3v) is 4.17. The largest absolute Gasteiger partial charge is 0.483 e. The van der Waals surface area contributed by atoms with Gasteiger partial charge in [-0.3, -0.25) is 9.59 Å². The van der Waals surface area contributed by atoms with Gasteiger partial charge in [0.25, 0.3) is 11.8 Å². The molecule has 0 unspecified atom stereocenters. The number of hydrogen-bond donors (Lipinski definition) is 2. The van der Waals surface area contributed by atoms with Gasteiger partial charge in [-0.15, -0.1) is 0 Å². The quantitative estimate of drug-likeness (QED) is 0.796. The fourth-order valence-electron chi connectivity index (χ4n) is 2.14. The number of para-hydroxylation sites is 1. The van der Waals surface area contributed by atoms with E-state index >= 15 is 0 Å². The maximum atomic E-state index is 12.0. The van der Waals surface area contributed by atoms with Gasteiger partial charge in [0, 0.05) is 17.3 Å². The minimum atomic E-state index is -0.287. The van der Waals surface area contributed by atoms with E-state index in [4.69, 9.17) is 4.74 Å². The first-order valence-electron chi connectivity index (χ1n) is 7.70. The summed E-state index contributed by atoms with van der Waals surface area (Å²) in [5, 5.41) is 5.66. The molecule has 2 amide bonds. The fourth-order valence-corrected chi connectivity index (χ4v) is 2.54. The van der Waals surface area contributed by atoms with Gasteiger partial charge in [0.1, 0.15) is 5.75 Å². The van der Waals surface area contributed by atoms with Crippen molar-refractivity contribution in [2.75, 3.05) is 11.9 Å². The fraction of sp³-hybridized carbons (Fsp3) is 0.222. The number of nitrogens with one attached hydrogen (secondary N) is 2. The second kappa shape index (κ2) is 7.49. The summed E-state index contributed by atoms with van der Waals surface area (Å²) in [4.78, 5) is 24.0. The van der Waals surface area contributed by atoms with Gasteiger partial charge in [-0.1, -0.05) is 18.2 Å². The number of carbonyl (C=O) groups excluding carboxylic acids is 2. The maximum Gasteiger partial charge on any atom is 0.262 e. The Kier molecular flexibility index (Phi) is 5.15. The van der Waals surface area contributed by atoms with Crippen LogP contribution in [0.5, 0.6) is 5.75 Å². The molecule has 0 atom stereocenters. The molecule has 1 aliphatic carbocycles. The van der Waals surface area contributed by atoms with E-state index in [0.717, 1.165) is 17.3 Å². The number of carbonyl (C=O) groups is 2. The van der Waals surface area contributed by atoms with Crippen LogP contribution in [0.4, 0.5) is 5.69 Å². The van der Waals surface area contributed by atoms with Crippen molar-refractivity contribution in [1.82, 2.24) is 5.32 Å². The van der Waals surface area contributed by atoms with E-state index in [2.05, 4.69) is 26.6 Å². The van der Waals surface area contributed by atoms with E-state index in [1.807, 2.05) is 18.2 Å². The number of amides is 2.